The van der Waals surface area contributed by atoms with E-state index in [9.17, 15) is 19.5 Å². The monoisotopic (exact) mass is 666 g/mol. The third-order valence-corrected chi connectivity index (χ3v) is 16.6. The van der Waals surface area contributed by atoms with Crippen LogP contribution in [0.25, 0.3) is 0 Å². The van der Waals surface area contributed by atoms with Crippen molar-refractivity contribution in [3.05, 3.63) is 12.2 Å². The second kappa shape index (κ2) is 12.1. The third kappa shape index (κ3) is 5.42. The van der Waals surface area contributed by atoms with Crippen LogP contribution >= 0.6 is 0 Å². The van der Waals surface area contributed by atoms with Gasteiger partial charge in [0.05, 0.1) is 18.3 Å². The average Bonchev–Trinajstić information content (AvgIpc) is 3.39. The molecule has 1 amide bonds. The largest absolute Gasteiger partial charge is 0.481 e. The molecule has 6 heteroatoms. The van der Waals surface area contributed by atoms with Gasteiger partial charge in [-0.1, -0.05) is 60.6 Å². The Kier molecular flexibility index (Phi) is 9.09. The molecule has 0 radical (unpaired) electrons. The van der Waals surface area contributed by atoms with Crippen molar-refractivity contribution in [1.82, 2.24) is 4.90 Å². The number of fused-ring (bicyclic) bond motifs is 7. The molecule has 0 spiro atoms. The molecule has 6 aliphatic rings. The lowest BCUT2D eigenvalue weighted by molar-refractivity contribution is -0.250. The minimum atomic E-state index is -0.879. The summed E-state index contributed by atoms with van der Waals surface area (Å²) in [5.74, 6) is 1.81. The van der Waals surface area contributed by atoms with Crippen LogP contribution in [-0.2, 0) is 19.1 Å². The van der Waals surface area contributed by atoms with E-state index in [0.29, 0.717) is 35.5 Å². The van der Waals surface area contributed by atoms with Gasteiger partial charge in [-0.15, -0.1) is 0 Å². The van der Waals surface area contributed by atoms with Crippen molar-refractivity contribution in [2.75, 3.05) is 13.1 Å². The fourth-order valence-electron chi connectivity index (χ4n) is 14.2. The Morgan fingerprint density at radius 1 is 0.812 bits per heavy atom. The number of hydrogen-bond acceptors (Lipinski definition) is 4. The zero-order valence-corrected chi connectivity index (χ0v) is 31.7. The van der Waals surface area contributed by atoms with Crippen LogP contribution in [0.1, 0.15) is 152 Å². The molecule has 1 N–H and O–H groups in total. The number of carboxylic acid groups (broad SMARTS) is 1. The number of carbonyl (C=O) groups is 3. The molecule has 3 unspecified atom stereocenters. The SMILES string of the molecule is C=C(C)[C@@H]1CC[C@]2(C(=O)N3CCCCC3)CC[C@]3(C)[C@H](CCC4[C@@]5(C)CC[C@H](OC(=O)CC(C)(C)CC(=O)O)C(C)(C)C5CC[C@]43C)C12. The molecule has 270 valence electrons. The molecule has 5 saturated carbocycles. The molecular weight excluding hydrogens is 598 g/mol. The van der Waals surface area contributed by atoms with Gasteiger partial charge < -0.3 is 14.7 Å². The van der Waals surface area contributed by atoms with Crippen molar-refractivity contribution < 1.29 is 24.2 Å². The van der Waals surface area contributed by atoms with Gasteiger partial charge in [0.1, 0.15) is 6.10 Å². The standard InChI is InChI=1S/C42H67NO5/c1-27(2)28-15-20-42(36(47)43-23-11-10-12-24-43)22-21-40(8)29(35(28)42)13-14-31-39(7)18-17-32(38(5,6)30(39)16-19-41(31,40)9)48-34(46)26-37(3,4)25-33(44)45/h28-32,35H,1,10-26H2,2-9H3,(H,44,45)/t28-,29+,30?,31?,32-,35?,39-,40+,41+,42-/m0/s1. The van der Waals surface area contributed by atoms with Crippen molar-refractivity contribution in [2.24, 2.45) is 62.1 Å². The summed E-state index contributed by atoms with van der Waals surface area (Å²) in [6.45, 7) is 24.9. The average molecular weight is 666 g/mol. The molecule has 0 aromatic rings. The van der Waals surface area contributed by atoms with Gasteiger partial charge in [-0.05, 0) is 142 Å². The van der Waals surface area contributed by atoms with Crippen molar-refractivity contribution >= 4 is 17.8 Å². The summed E-state index contributed by atoms with van der Waals surface area (Å²) >= 11 is 0. The smallest absolute Gasteiger partial charge is 0.306 e. The Hall–Kier alpha value is -1.85. The lowest BCUT2D eigenvalue weighted by Crippen LogP contribution is -2.67. The summed E-state index contributed by atoms with van der Waals surface area (Å²) in [4.78, 5) is 41.5. The number of allylic oxidation sites excluding steroid dienone is 1. The molecule has 0 aromatic carbocycles. The number of ether oxygens (including phenoxy) is 1. The van der Waals surface area contributed by atoms with E-state index < -0.39 is 11.4 Å². The summed E-state index contributed by atoms with van der Waals surface area (Å²) in [7, 11) is 0. The number of rotatable bonds is 7. The Labute approximate surface area is 291 Å². The van der Waals surface area contributed by atoms with Crippen LogP contribution in [-0.4, -0.2) is 47.0 Å². The van der Waals surface area contributed by atoms with E-state index in [1.165, 1.54) is 31.3 Å². The van der Waals surface area contributed by atoms with Gasteiger partial charge in [0, 0.05) is 18.5 Å². The molecule has 6 nitrogen and oxygen atoms in total. The fourth-order valence-corrected chi connectivity index (χ4v) is 14.2. The number of carbonyl (C=O) groups excluding carboxylic acids is 2. The maximum atomic E-state index is 14.6. The van der Waals surface area contributed by atoms with Crippen molar-refractivity contribution in [2.45, 2.75) is 158 Å². The maximum absolute atomic E-state index is 14.6. The first-order valence-corrected chi connectivity index (χ1v) is 19.7. The van der Waals surface area contributed by atoms with E-state index in [1.807, 2.05) is 13.8 Å². The topological polar surface area (TPSA) is 83.9 Å². The molecule has 0 aromatic heterocycles. The number of hydrogen-bond donors (Lipinski definition) is 1. The van der Waals surface area contributed by atoms with E-state index in [1.54, 1.807) is 0 Å². The van der Waals surface area contributed by atoms with Gasteiger partial charge in [0.15, 0.2) is 0 Å². The molecule has 1 aliphatic heterocycles. The minimum Gasteiger partial charge on any atom is -0.481 e. The number of carboxylic acids is 1. The van der Waals surface area contributed by atoms with Crippen molar-refractivity contribution in [3.63, 3.8) is 0 Å². The first kappa shape index (κ1) is 36.0. The highest BCUT2D eigenvalue weighted by Gasteiger charge is 2.72. The van der Waals surface area contributed by atoms with Crippen LogP contribution < -0.4 is 0 Å². The Morgan fingerprint density at radius 2 is 1.50 bits per heavy atom. The van der Waals surface area contributed by atoms with Gasteiger partial charge in [0.25, 0.3) is 0 Å². The Bertz CT molecular complexity index is 1310. The number of piperidine rings is 1. The zero-order chi connectivity index (χ0) is 35.1. The van der Waals surface area contributed by atoms with Gasteiger partial charge in [-0.3, -0.25) is 14.4 Å². The van der Waals surface area contributed by atoms with E-state index in [-0.39, 0.29) is 52.0 Å². The highest BCUT2D eigenvalue weighted by atomic mass is 16.5. The number of aliphatic carboxylic acids is 1. The summed E-state index contributed by atoms with van der Waals surface area (Å²) < 4.78 is 6.27. The van der Waals surface area contributed by atoms with E-state index in [4.69, 9.17) is 4.74 Å². The summed E-state index contributed by atoms with van der Waals surface area (Å²) in [5.41, 5.74) is 0.843. The predicted octanol–water partition coefficient (Wildman–Crippen LogP) is 9.46. The van der Waals surface area contributed by atoms with Crippen LogP contribution in [0.2, 0.25) is 0 Å². The Balaban J connectivity index is 1.25. The quantitative estimate of drug-likeness (QED) is 0.216. The Morgan fingerprint density at radius 3 is 2.15 bits per heavy atom. The van der Waals surface area contributed by atoms with Crippen LogP contribution in [0.15, 0.2) is 12.2 Å². The molecule has 48 heavy (non-hydrogen) atoms. The summed E-state index contributed by atoms with van der Waals surface area (Å²) in [5, 5.41) is 9.33. The lowest BCUT2D eigenvalue weighted by Gasteiger charge is -2.73. The predicted molar refractivity (Wildman–Crippen MR) is 190 cm³/mol. The molecule has 6 fully saturated rings. The third-order valence-electron chi connectivity index (χ3n) is 16.6. The molecule has 10 atom stereocenters. The van der Waals surface area contributed by atoms with Crippen LogP contribution in [0.5, 0.6) is 0 Å². The van der Waals surface area contributed by atoms with Gasteiger partial charge in [0.2, 0.25) is 5.91 Å². The zero-order valence-electron chi connectivity index (χ0n) is 31.7. The van der Waals surface area contributed by atoms with E-state index in [2.05, 4.69) is 53.0 Å². The fraction of sp³-hybridized carbons (Fsp3) is 0.881. The van der Waals surface area contributed by atoms with Crippen LogP contribution in [0.3, 0.4) is 0 Å². The highest BCUT2D eigenvalue weighted by molar-refractivity contribution is 5.84. The number of amides is 1. The van der Waals surface area contributed by atoms with Gasteiger partial charge >= 0.3 is 11.9 Å². The van der Waals surface area contributed by atoms with E-state index in [0.717, 1.165) is 70.9 Å². The van der Waals surface area contributed by atoms with Gasteiger partial charge in [-0.25, -0.2) is 0 Å². The first-order valence-electron chi connectivity index (χ1n) is 19.7. The van der Waals surface area contributed by atoms with Crippen molar-refractivity contribution in [1.29, 1.82) is 0 Å². The second-order valence-corrected chi connectivity index (χ2v) is 19.9. The normalized spacial score (nSPS) is 43.6. The second-order valence-electron chi connectivity index (χ2n) is 19.9. The number of likely N-dealkylation sites (tertiary alicyclic amines) is 1. The lowest BCUT2D eigenvalue weighted by atomic mass is 9.32. The van der Waals surface area contributed by atoms with Crippen LogP contribution in [0, 0.1) is 62.1 Å². The molecule has 1 saturated heterocycles. The molecule has 6 rings (SSSR count). The molecule has 0 bridgehead atoms. The van der Waals surface area contributed by atoms with E-state index >= 15 is 0 Å². The summed E-state index contributed by atoms with van der Waals surface area (Å²) in [6.07, 6.45) is 14.5. The first-order chi connectivity index (χ1) is 22.3. The van der Waals surface area contributed by atoms with Crippen LogP contribution in [0.4, 0.5) is 0 Å². The maximum Gasteiger partial charge on any atom is 0.306 e. The summed E-state index contributed by atoms with van der Waals surface area (Å²) in [6, 6.07) is 0. The van der Waals surface area contributed by atoms with Crippen molar-refractivity contribution in [3.8, 4) is 0 Å². The highest BCUT2D eigenvalue weighted by Crippen LogP contribution is 2.77. The number of nitrogens with zero attached hydrogens (tertiary/aromatic N) is 1. The minimum absolute atomic E-state index is 0.0433. The van der Waals surface area contributed by atoms with Gasteiger partial charge in [-0.2, -0.15) is 0 Å². The number of esters is 1. The molecule has 1 heterocycles. The molecular formula is C42H67NO5. The molecule has 5 aliphatic carbocycles.